The van der Waals surface area contributed by atoms with Crippen LogP contribution in [0.3, 0.4) is 0 Å². The summed E-state index contributed by atoms with van der Waals surface area (Å²) in [7, 11) is 0. The fraction of sp³-hybridized carbons (Fsp3) is 0. The molecule has 11 rings (SSSR count). The molecule has 0 saturated heterocycles. The van der Waals surface area contributed by atoms with E-state index in [1.165, 1.54) is 16.3 Å². The van der Waals surface area contributed by atoms with E-state index in [1.54, 1.807) is 0 Å². The summed E-state index contributed by atoms with van der Waals surface area (Å²) < 4.78 is 12.7. The minimum Gasteiger partial charge on any atom is -0.456 e. The molecule has 55 heavy (non-hydrogen) atoms. The molecule has 0 aliphatic carbocycles. The number of hydrogen-bond acceptors (Lipinski definition) is 3. The van der Waals surface area contributed by atoms with Crippen molar-refractivity contribution in [3.8, 4) is 33.4 Å². The molecule has 0 amide bonds. The third-order valence-corrected chi connectivity index (χ3v) is 10.9. The van der Waals surface area contributed by atoms with Crippen molar-refractivity contribution in [3.05, 3.63) is 200 Å². The lowest BCUT2D eigenvalue weighted by molar-refractivity contribution is 0.668. The Labute approximate surface area is 317 Å². The van der Waals surface area contributed by atoms with E-state index in [-0.39, 0.29) is 0 Å². The zero-order valence-electron chi connectivity index (χ0n) is 29.8. The number of nitrogens with zero attached hydrogens (tertiary/aromatic N) is 1. The summed E-state index contributed by atoms with van der Waals surface area (Å²) in [5.74, 6) is 0. The summed E-state index contributed by atoms with van der Waals surface area (Å²) in [5, 5.41) is 6.83. The van der Waals surface area contributed by atoms with Crippen LogP contribution in [0.4, 0.5) is 17.1 Å². The normalized spacial score (nSPS) is 11.6. The van der Waals surface area contributed by atoms with Crippen LogP contribution in [0.15, 0.2) is 209 Å². The first-order valence-corrected chi connectivity index (χ1v) is 18.7. The number of hydrogen-bond donors (Lipinski definition) is 0. The molecule has 2 heterocycles. The quantitative estimate of drug-likeness (QED) is 0.173. The SMILES string of the molecule is c1ccc(-c2ccc(-c3cccc4ccccc34)cc2N(c2cccc(-c3ccc4oc5ccccc5c4c3)c2)c2cccc3oc4ccccc4c23)cc1. The summed E-state index contributed by atoms with van der Waals surface area (Å²) in [6, 6.07) is 71.2. The summed E-state index contributed by atoms with van der Waals surface area (Å²) >= 11 is 0. The first-order valence-electron chi connectivity index (χ1n) is 18.7. The molecule has 0 N–H and O–H groups in total. The number of rotatable bonds is 6. The van der Waals surface area contributed by atoms with Gasteiger partial charge in [-0.1, -0.05) is 146 Å². The van der Waals surface area contributed by atoms with Gasteiger partial charge in [-0.3, -0.25) is 0 Å². The van der Waals surface area contributed by atoms with Gasteiger partial charge in [0.2, 0.25) is 0 Å². The first kappa shape index (κ1) is 31.2. The van der Waals surface area contributed by atoms with Crippen molar-refractivity contribution in [2.75, 3.05) is 4.90 Å². The zero-order valence-corrected chi connectivity index (χ0v) is 29.8. The van der Waals surface area contributed by atoms with Crippen LogP contribution in [0.1, 0.15) is 0 Å². The molecular formula is C52H33NO2. The van der Waals surface area contributed by atoms with Gasteiger partial charge in [0.1, 0.15) is 22.3 Å². The summed E-state index contributed by atoms with van der Waals surface area (Å²) in [6.45, 7) is 0. The second-order valence-electron chi connectivity index (χ2n) is 14.1. The fourth-order valence-corrected chi connectivity index (χ4v) is 8.30. The van der Waals surface area contributed by atoms with Gasteiger partial charge in [-0.05, 0) is 93.2 Å². The molecule has 3 nitrogen and oxygen atoms in total. The van der Waals surface area contributed by atoms with Crippen LogP contribution in [0.5, 0.6) is 0 Å². The van der Waals surface area contributed by atoms with Crippen molar-refractivity contribution >= 4 is 71.7 Å². The molecule has 0 saturated carbocycles. The highest BCUT2D eigenvalue weighted by atomic mass is 16.3. The summed E-state index contributed by atoms with van der Waals surface area (Å²) in [5.41, 5.74) is 13.5. The maximum absolute atomic E-state index is 6.50. The standard InChI is InChI=1S/C52H33NO2/c1-2-13-35(14-3-1)42-29-27-38(41-22-11-16-34-15-4-5-19-40(34)41)33-47(42)53(46-23-12-26-51-52(46)44-21-7-9-25-49(44)55-51)39-18-10-17-36(31-39)37-28-30-50-45(32-37)43-20-6-8-24-48(43)54-50/h1-33H. The lowest BCUT2D eigenvalue weighted by Gasteiger charge is -2.29. The van der Waals surface area contributed by atoms with Crippen molar-refractivity contribution < 1.29 is 8.83 Å². The van der Waals surface area contributed by atoms with E-state index in [0.29, 0.717) is 0 Å². The second-order valence-corrected chi connectivity index (χ2v) is 14.1. The molecule has 258 valence electrons. The average molecular weight is 704 g/mol. The van der Waals surface area contributed by atoms with Gasteiger partial charge in [0.05, 0.1) is 16.8 Å². The Hall–Kier alpha value is -7.36. The lowest BCUT2D eigenvalue weighted by Crippen LogP contribution is -2.12. The third-order valence-electron chi connectivity index (χ3n) is 10.9. The van der Waals surface area contributed by atoms with Gasteiger partial charge >= 0.3 is 0 Å². The fourth-order valence-electron chi connectivity index (χ4n) is 8.30. The Kier molecular flexibility index (Phi) is 7.17. The van der Waals surface area contributed by atoms with Gasteiger partial charge < -0.3 is 13.7 Å². The predicted molar refractivity (Wildman–Crippen MR) is 229 cm³/mol. The number of benzene rings is 9. The van der Waals surface area contributed by atoms with Crippen LogP contribution in [-0.2, 0) is 0 Å². The van der Waals surface area contributed by atoms with Gasteiger partial charge in [-0.15, -0.1) is 0 Å². The molecular weight excluding hydrogens is 671 g/mol. The van der Waals surface area contributed by atoms with E-state index in [0.717, 1.165) is 88.8 Å². The van der Waals surface area contributed by atoms with E-state index in [2.05, 4.69) is 187 Å². The summed E-state index contributed by atoms with van der Waals surface area (Å²) in [4.78, 5) is 2.43. The van der Waals surface area contributed by atoms with Crippen LogP contribution < -0.4 is 4.90 Å². The van der Waals surface area contributed by atoms with Gasteiger partial charge in [0, 0.05) is 27.4 Å². The minimum atomic E-state index is 0.851. The molecule has 0 atom stereocenters. The number of para-hydroxylation sites is 2. The Morgan fingerprint density at radius 3 is 1.82 bits per heavy atom. The van der Waals surface area contributed by atoms with E-state index in [1.807, 2.05) is 18.2 Å². The van der Waals surface area contributed by atoms with E-state index >= 15 is 0 Å². The second kappa shape index (κ2) is 12.6. The molecule has 0 fully saturated rings. The van der Waals surface area contributed by atoms with Gasteiger partial charge in [-0.2, -0.15) is 0 Å². The predicted octanol–water partition coefficient (Wildman–Crippen LogP) is 15.1. The average Bonchev–Trinajstić information content (AvgIpc) is 3.83. The van der Waals surface area contributed by atoms with Crippen molar-refractivity contribution in [3.63, 3.8) is 0 Å². The summed E-state index contributed by atoms with van der Waals surface area (Å²) in [6.07, 6.45) is 0. The maximum Gasteiger partial charge on any atom is 0.137 e. The molecule has 0 aliphatic heterocycles. The van der Waals surface area contributed by atoms with Crippen LogP contribution in [0, 0.1) is 0 Å². The van der Waals surface area contributed by atoms with Gasteiger partial charge in [0.25, 0.3) is 0 Å². The molecule has 11 aromatic rings. The smallest absolute Gasteiger partial charge is 0.137 e. The number of fused-ring (bicyclic) bond motifs is 7. The Morgan fingerprint density at radius 2 is 0.927 bits per heavy atom. The Balaban J connectivity index is 1.19. The Morgan fingerprint density at radius 1 is 0.309 bits per heavy atom. The monoisotopic (exact) mass is 703 g/mol. The molecule has 2 aromatic heterocycles. The Bertz CT molecular complexity index is 3220. The largest absolute Gasteiger partial charge is 0.456 e. The molecule has 0 spiro atoms. The van der Waals surface area contributed by atoms with E-state index < -0.39 is 0 Å². The van der Waals surface area contributed by atoms with Gasteiger partial charge in [0.15, 0.2) is 0 Å². The van der Waals surface area contributed by atoms with Gasteiger partial charge in [-0.25, -0.2) is 0 Å². The van der Waals surface area contributed by atoms with Crippen LogP contribution in [0.25, 0.3) is 88.0 Å². The number of anilines is 3. The van der Waals surface area contributed by atoms with E-state index in [4.69, 9.17) is 8.83 Å². The third kappa shape index (κ3) is 5.20. The first-order chi connectivity index (χ1) is 27.3. The molecule has 0 aliphatic rings. The number of furan rings is 2. The van der Waals surface area contributed by atoms with Crippen molar-refractivity contribution in [1.82, 2.24) is 0 Å². The maximum atomic E-state index is 6.50. The van der Waals surface area contributed by atoms with Crippen molar-refractivity contribution in [2.45, 2.75) is 0 Å². The molecule has 9 aromatic carbocycles. The topological polar surface area (TPSA) is 29.5 Å². The minimum absolute atomic E-state index is 0.851. The van der Waals surface area contributed by atoms with Crippen LogP contribution in [0.2, 0.25) is 0 Å². The highest BCUT2D eigenvalue weighted by molar-refractivity contribution is 6.14. The molecule has 0 bridgehead atoms. The highest BCUT2D eigenvalue weighted by Crippen LogP contribution is 2.48. The van der Waals surface area contributed by atoms with Crippen LogP contribution in [-0.4, -0.2) is 0 Å². The zero-order chi connectivity index (χ0) is 36.3. The van der Waals surface area contributed by atoms with E-state index in [9.17, 15) is 0 Å². The van der Waals surface area contributed by atoms with Crippen molar-refractivity contribution in [2.24, 2.45) is 0 Å². The van der Waals surface area contributed by atoms with Crippen LogP contribution >= 0.6 is 0 Å². The molecule has 0 radical (unpaired) electrons. The molecule has 0 unspecified atom stereocenters. The highest BCUT2D eigenvalue weighted by Gasteiger charge is 2.23. The van der Waals surface area contributed by atoms with Crippen molar-refractivity contribution in [1.29, 1.82) is 0 Å². The lowest BCUT2D eigenvalue weighted by atomic mass is 9.93. The molecule has 3 heteroatoms.